The molecule has 2 amide bonds. The van der Waals surface area contributed by atoms with Gasteiger partial charge in [0, 0.05) is 12.2 Å². The van der Waals surface area contributed by atoms with Crippen molar-refractivity contribution in [2.45, 2.75) is 6.54 Å². The van der Waals surface area contributed by atoms with Crippen molar-refractivity contribution in [2.75, 3.05) is 32.6 Å². The molecule has 0 fully saturated rings. The Hall–Kier alpha value is -2.28. The van der Waals surface area contributed by atoms with E-state index in [1.54, 1.807) is 37.3 Å². The van der Waals surface area contributed by atoms with Crippen LogP contribution in [-0.2, 0) is 16.1 Å². The highest BCUT2D eigenvalue weighted by Crippen LogP contribution is 2.24. The predicted octanol–water partition coefficient (Wildman–Crippen LogP) is 3.19. The van der Waals surface area contributed by atoms with E-state index in [0.717, 1.165) is 11.3 Å². The Kier molecular flexibility index (Phi) is 7.91. The fraction of sp³-hybridized carbons (Fsp3) is 0.263. The summed E-state index contributed by atoms with van der Waals surface area (Å²) >= 11 is 11.8. The van der Waals surface area contributed by atoms with Gasteiger partial charge in [0.25, 0.3) is 0 Å². The highest BCUT2D eigenvalue weighted by atomic mass is 35.5. The van der Waals surface area contributed by atoms with Gasteiger partial charge in [0.2, 0.25) is 11.8 Å². The van der Waals surface area contributed by atoms with Gasteiger partial charge < -0.3 is 15.4 Å². The summed E-state index contributed by atoms with van der Waals surface area (Å²) < 4.78 is 5.09. The number of amides is 2. The molecule has 0 unspecified atom stereocenters. The number of likely N-dealkylation sites (N-methyl/N-ethyl adjacent to an activating group) is 1. The number of ether oxygens (including phenoxy) is 1. The molecule has 2 N–H and O–H groups in total. The average Bonchev–Trinajstić information content (AvgIpc) is 2.63. The quantitative estimate of drug-likeness (QED) is 0.702. The lowest BCUT2D eigenvalue weighted by Gasteiger charge is -2.16. The van der Waals surface area contributed by atoms with Crippen LogP contribution in [0, 0.1) is 0 Å². The van der Waals surface area contributed by atoms with Crippen molar-refractivity contribution in [3.05, 3.63) is 58.1 Å². The lowest BCUT2D eigenvalue weighted by Crippen LogP contribution is -2.38. The van der Waals surface area contributed by atoms with Crippen molar-refractivity contribution in [2.24, 2.45) is 0 Å². The highest BCUT2D eigenvalue weighted by Gasteiger charge is 2.11. The third kappa shape index (κ3) is 7.09. The van der Waals surface area contributed by atoms with Crippen molar-refractivity contribution in [3.63, 3.8) is 0 Å². The fourth-order valence-corrected chi connectivity index (χ4v) is 2.62. The number of methoxy groups -OCH3 is 1. The summed E-state index contributed by atoms with van der Waals surface area (Å²) in [7, 11) is 3.30. The third-order valence-electron chi connectivity index (χ3n) is 3.68. The van der Waals surface area contributed by atoms with Crippen molar-refractivity contribution in [1.29, 1.82) is 0 Å². The van der Waals surface area contributed by atoms with Crippen molar-refractivity contribution < 1.29 is 14.3 Å². The molecule has 144 valence electrons. The molecule has 0 heterocycles. The number of hydrogen-bond acceptors (Lipinski definition) is 4. The van der Waals surface area contributed by atoms with E-state index < -0.39 is 0 Å². The van der Waals surface area contributed by atoms with E-state index in [4.69, 9.17) is 27.9 Å². The van der Waals surface area contributed by atoms with Gasteiger partial charge in [-0.3, -0.25) is 14.5 Å². The second-order valence-corrected chi connectivity index (χ2v) is 6.79. The first-order valence-corrected chi connectivity index (χ1v) is 8.96. The molecule has 0 atom stereocenters. The molecule has 0 aromatic heterocycles. The number of halogens is 2. The van der Waals surface area contributed by atoms with Gasteiger partial charge in [0.1, 0.15) is 5.75 Å². The first-order valence-electron chi connectivity index (χ1n) is 8.20. The molecule has 8 heteroatoms. The van der Waals surface area contributed by atoms with Crippen LogP contribution in [0.2, 0.25) is 10.0 Å². The van der Waals surface area contributed by atoms with Crippen molar-refractivity contribution >= 4 is 40.7 Å². The van der Waals surface area contributed by atoms with Crippen LogP contribution in [0.3, 0.4) is 0 Å². The summed E-state index contributed by atoms with van der Waals surface area (Å²) in [6.07, 6.45) is 0. The average molecular weight is 410 g/mol. The predicted molar refractivity (Wildman–Crippen MR) is 107 cm³/mol. The van der Waals surface area contributed by atoms with Crippen LogP contribution in [0.4, 0.5) is 5.69 Å². The lowest BCUT2D eigenvalue weighted by atomic mass is 10.2. The molecule has 6 nitrogen and oxygen atoms in total. The standard InChI is InChI=1S/C19H21Cl2N3O3/c1-24(12-19(26)23-14-5-8-16(20)17(21)9-14)11-18(25)22-10-13-3-6-15(27-2)7-4-13/h3-9H,10-12H2,1-2H3,(H,22,25)(H,23,26). The smallest absolute Gasteiger partial charge is 0.238 e. The molecule has 0 saturated carbocycles. The maximum atomic E-state index is 12.1. The fourth-order valence-electron chi connectivity index (χ4n) is 2.32. The van der Waals surface area contributed by atoms with Crippen LogP contribution in [-0.4, -0.2) is 44.0 Å². The molecule has 0 aliphatic carbocycles. The number of anilines is 1. The van der Waals surface area contributed by atoms with E-state index >= 15 is 0 Å². The number of nitrogens with one attached hydrogen (secondary N) is 2. The van der Waals surface area contributed by atoms with Crippen LogP contribution in [0.1, 0.15) is 5.56 Å². The molecule has 2 rings (SSSR count). The minimum absolute atomic E-state index is 0.0657. The Labute approximate surface area is 168 Å². The topological polar surface area (TPSA) is 70.7 Å². The van der Waals surface area contributed by atoms with Gasteiger partial charge in [-0.25, -0.2) is 0 Å². The van der Waals surface area contributed by atoms with Gasteiger partial charge in [-0.1, -0.05) is 35.3 Å². The van der Waals surface area contributed by atoms with Gasteiger partial charge in [-0.05, 0) is 42.9 Å². The monoisotopic (exact) mass is 409 g/mol. The molecular weight excluding hydrogens is 389 g/mol. The Morgan fingerprint density at radius 2 is 1.67 bits per heavy atom. The minimum Gasteiger partial charge on any atom is -0.497 e. The van der Waals surface area contributed by atoms with E-state index in [1.807, 2.05) is 24.3 Å². The Morgan fingerprint density at radius 1 is 1.00 bits per heavy atom. The normalized spacial score (nSPS) is 10.6. The van der Waals surface area contributed by atoms with Crippen LogP contribution in [0.25, 0.3) is 0 Å². The molecule has 0 aliphatic rings. The van der Waals surface area contributed by atoms with E-state index in [1.165, 1.54) is 0 Å². The summed E-state index contributed by atoms with van der Waals surface area (Å²) in [6, 6.07) is 12.3. The molecule has 0 radical (unpaired) electrons. The summed E-state index contributed by atoms with van der Waals surface area (Å²) in [4.78, 5) is 25.7. The van der Waals surface area contributed by atoms with Crippen LogP contribution in [0.5, 0.6) is 5.75 Å². The van der Waals surface area contributed by atoms with Gasteiger partial charge in [-0.2, -0.15) is 0 Å². The number of rotatable bonds is 8. The van der Waals surface area contributed by atoms with E-state index in [-0.39, 0.29) is 24.9 Å². The van der Waals surface area contributed by atoms with E-state index in [0.29, 0.717) is 22.3 Å². The Balaban J connectivity index is 1.74. The summed E-state index contributed by atoms with van der Waals surface area (Å²) in [6.45, 7) is 0.577. The highest BCUT2D eigenvalue weighted by molar-refractivity contribution is 6.42. The van der Waals surface area contributed by atoms with Crippen molar-refractivity contribution in [3.8, 4) is 5.75 Å². The maximum absolute atomic E-state index is 12.1. The molecule has 0 aliphatic heterocycles. The van der Waals surface area contributed by atoms with Gasteiger partial charge in [0.05, 0.1) is 30.2 Å². The molecule has 2 aromatic carbocycles. The zero-order valence-electron chi connectivity index (χ0n) is 15.1. The van der Waals surface area contributed by atoms with E-state index in [2.05, 4.69) is 10.6 Å². The molecule has 0 spiro atoms. The summed E-state index contributed by atoms with van der Waals surface area (Å²) in [5.74, 6) is 0.340. The molecule has 0 bridgehead atoms. The molecule has 2 aromatic rings. The van der Waals surface area contributed by atoms with Gasteiger partial charge in [-0.15, -0.1) is 0 Å². The largest absolute Gasteiger partial charge is 0.497 e. The van der Waals surface area contributed by atoms with Crippen molar-refractivity contribution in [1.82, 2.24) is 10.2 Å². The zero-order chi connectivity index (χ0) is 19.8. The van der Waals surface area contributed by atoms with Crippen LogP contribution in [0.15, 0.2) is 42.5 Å². The molecular formula is C19H21Cl2N3O3. The van der Waals surface area contributed by atoms with Crippen LogP contribution < -0.4 is 15.4 Å². The minimum atomic E-state index is -0.251. The van der Waals surface area contributed by atoms with Crippen LogP contribution >= 0.6 is 23.2 Å². The maximum Gasteiger partial charge on any atom is 0.238 e. The number of hydrogen-bond donors (Lipinski definition) is 2. The number of carbonyl (C=O) groups excluding carboxylic acids is 2. The summed E-state index contributed by atoms with van der Waals surface area (Å²) in [5, 5.41) is 6.31. The lowest BCUT2D eigenvalue weighted by molar-refractivity contribution is -0.123. The second kappa shape index (κ2) is 10.2. The molecule has 0 saturated heterocycles. The molecule has 27 heavy (non-hydrogen) atoms. The Bertz CT molecular complexity index is 797. The van der Waals surface area contributed by atoms with E-state index in [9.17, 15) is 9.59 Å². The first kappa shape index (κ1) is 21.0. The first-order chi connectivity index (χ1) is 12.9. The zero-order valence-corrected chi connectivity index (χ0v) is 16.6. The van der Waals surface area contributed by atoms with Gasteiger partial charge >= 0.3 is 0 Å². The number of nitrogens with zero attached hydrogens (tertiary/aromatic N) is 1. The second-order valence-electron chi connectivity index (χ2n) is 5.97. The van der Waals surface area contributed by atoms with Gasteiger partial charge in [0.15, 0.2) is 0 Å². The third-order valence-corrected chi connectivity index (χ3v) is 4.42. The summed E-state index contributed by atoms with van der Waals surface area (Å²) in [5.41, 5.74) is 1.51. The number of benzene rings is 2. The SMILES string of the molecule is COc1ccc(CNC(=O)CN(C)CC(=O)Nc2ccc(Cl)c(Cl)c2)cc1. The number of carbonyl (C=O) groups is 2. The Morgan fingerprint density at radius 3 is 2.30 bits per heavy atom.